The molecule has 19 heavy (non-hydrogen) atoms. The van der Waals surface area contributed by atoms with Gasteiger partial charge >= 0.3 is 0 Å². The first kappa shape index (κ1) is 16.2. The lowest BCUT2D eigenvalue weighted by molar-refractivity contribution is 0.154. The molecule has 108 valence electrons. The Balaban J connectivity index is 3.20. The number of hydrogen-bond donors (Lipinski definition) is 1. The summed E-state index contributed by atoms with van der Waals surface area (Å²) >= 11 is 0. The zero-order valence-corrected chi connectivity index (χ0v) is 12.9. The first-order valence-electron chi connectivity index (χ1n) is 6.97. The van der Waals surface area contributed by atoms with Crippen LogP contribution in [0.25, 0.3) is 0 Å². The first-order chi connectivity index (χ1) is 9.10. The molecule has 3 nitrogen and oxygen atoms in total. The molecule has 0 radical (unpaired) electrons. The molecule has 0 aliphatic heterocycles. The monoisotopic (exact) mass is 283 g/mol. The predicted octanol–water partition coefficient (Wildman–Crippen LogP) is 3.47. The fourth-order valence-electron chi connectivity index (χ4n) is 2.36. The topological polar surface area (TPSA) is 49.7 Å². The molecule has 0 spiro atoms. The van der Waals surface area contributed by atoms with Gasteiger partial charge in [0.05, 0.1) is 21.1 Å². The van der Waals surface area contributed by atoms with Crippen LogP contribution < -0.4 is 0 Å². The van der Waals surface area contributed by atoms with E-state index in [-0.39, 0.29) is 5.25 Å². The molecular formula is C15H25NO2S. The number of rotatable bonds is 7. The van der Waals surface area contributed by atoms with Crippen molar-refractivity contribution >= 4 is 9.73 Å². The standard InChI is InChI=1S/C15H25NO2S/c1-4-9-14(17)15(10-5-2)19(18,16-3)13-11-7-6-8-12-13/h6-8,11-12,14-15,17H,4-5,9-10H2,1-3H3/t14-,15-,19?/m0/s1. The second-order valence-electron chi connectivity index (χ2n) is 4.75. The number of hydrogen-bond acceptors (Lipinski definition) is 3. The summed E-state index contributed by atoms with van der Waals surface area (Å²) in [4.78, 5) is 0.728. The molecule has 0 amide bonds. The minimum absolute atomic E-state index is 0.287. The van der Waals surface area contributed by atoms with Gasteiger partial charge in [0.15, 0.2) is 0 Å². The van der Waals surface area contributed by atoms with Crippen LogP contribution in [0.4, 0.5) is 0 Å². The Kier molecular flexibility index (Phi) is 6.52. The largest absolute Gasteiger partial charge is 0.392 e. The van der Waals surface area contributed by atoms with E-state index in [9.17, 15) is 9.32 Å². The zero-order chi connectivity index (χ0) is 14.3. The summed E-state index contributed by atoms with van der Waals surface area (Å²) in [5.74, 6) is 0. The van der Waals surface area contributed by atoms with Crippen LogP contribution in [0.1, 0.15) is 39.5 Å². The molecule has 0 bridgehead atoms. The van der Waals surface area contributed by atoms with Crippen LogP contribution in [0.3, 0.4) is 0 Å². The predicted molar refractivity (Wildman–Crippen MR) is 80.8 cm³/mol. The molecule has 1 rings (SSSR count). The molecule has 0 fully saturated rings. The summed E-state index contributed by atoms with van der Waals surface area (Å²) in [6.07, 6.45) is 2.62. The van der Waals surface area contributed by atoms with E-state index in [1.165, 1.54) is 0 Å². The van der Waals surface area contributed by atoms with Crippen molar-refractivity contribution in [1.29, 1.82) is 0 Å². The molecule has 0 saturated carbocycles. The molecule has 1 unspecified atom stereocenters. The molecule has 0 aliphatic rings. The summed E-state index contributed by atoms with van der Waals surface area (Å²) in [5.41, 5.74) is 0. The number of benzene rings is 1. The van der Waals surface area contributed by atoms with Crippen LogP contribution in [0, 0.1) is 0 Å². The van der Waals surface area contributed by atoms with Gasteiger partial charge in [0, 0.05) is 11.9 Å². The average molecular weight is 283 g/mol. The average Bonchev–Trinajstić information content (AvgIpc) is 2.45. The van der Waals surface area contributed by atoms with Gasteiger partial charge in [-0.05, 0) is 25.0 Å². The molecular weight excluding hydrogens is 258 g/mol. The molecule has 0 saturated heterocycles. The smallest absolute Gasteiger partial charge is 0.0804 e. The van der Waals surface area contributed by atoms with Gasteiger partial charge in [0.25, 0.3) is 0 Å². The van der Waals surface area contributed by atoms with Crippen molar-refractivity contribution in [3.63, 3.8) is 0 Å². The number of aliphatic hydroxyl groups excluding tert-OH is 1. The van der Waals surface area contributed by atoms with Crippen molar-refractivity contribution in [1.82, 2.24) is 0 Å². The maximum absolute atomic E-state index is 13.2. The maximum Gasteiger partial charge on any atom is 0.0804 e. The first-order valence-corrected chi connectivity index (χ1v) is 8.55. The van der Waals surface area contributed by atoms with Crippen LogP contribution >= 0.6 is 0 Å². The van der Waals surface area contributed by atoms with Crippen LogP contribution in [-0.4, -0.2) is 27.7 Å². The van der Waals surface area contributed by atoms with E-state index in [0.29, 0.717) is 6.42 Å². The highest BCUT2D eigenvalue weighted by atomic mass is 32.2. The molecule has 0 aromatic heterocycles. The van der Waals surface area contributed by atoms with Crippen molar-refractivity contribution in [3.05, 3.63) is 30.3 Å². The van der Waals surface area contributed by atoms with E-state index < -0.39 is 15.8 Å². The normalized spacial score (nSPS) is 17.5. The van der Waals surface area contributed by atoms with E-state index in [4.69, 9.17) is 0 Å². The third-order valence-corrected chi connectivity index (χ3v) is 6.21. The minimum atomic E-state index is -2.56. The molecule has 4 heteroatoms. The Hall–Kier alpha value is -0.870. The number of aliphatic hydroxyl groups is 1. The van der Waals surface area contributed by atoms with E-state index in [2.05, 4.69) is 4.36 Å². The van der Waals surface area contributed by atoms with Crippen LogP contribution in [0.15, 0.2) is 39.6 Å². The van der Waals surface area contributed by atoms with Gasteiger partial charge in [-0.15, -0.1) is 0 Å². The van der Waals surface area contributed by atoms with Crippen molar-refractivity contribution in [2.24, 2.45) is 4.36 Å². The van der Waals surface area contributed by atoms with Crippen LogP contribution in [-0.2, 0) is 9.73 Å². The molecule has 1 aromatic rings. The zero-order valence-electron chi connectivity index (χ0n) is 12.1. The molecule has 1 aromatic carbocycles. The van der Waals surface area contributed by atoms with Crippen molar-refractivity contribution in [2.45, 2.75) is 55.8 Å². The molecule has 1 N–H and O–H groups in total. The second-order valence-corrected chi connectivity index (χ2v) is 7.33. The lowest BCUT2D eigenvalue weighted by Crippen LogP contribution is -2.34. The Labute approximate surface area is 117 Å². The van der Waals surface area contributed by atoms with Crippen LogP contribution in [0.5, 0.6) is 0 Å². The van der Waals surface area contributed by atoms with Gasteiger partial charge in [0.1, 0.15) is 0 Å². The lowest BCUT2D eigenvalue weighted by Gasteiger charge is -2.26. The van der Waals surface area contributed by atoms with E-state index in [0.717, 1.165) is 24.2 Å². The minimum Gasteiger partial charge on any atom is -0.392 e. The van der Waals surface area contributed by atoms with Crippen molar-refractivity contribution < 1.29 is 9.32 Å². The lowest BCUT2D eigenvalue weighted by atomic mass is 10.1. The Bertz CT molecular complexity index is 478. The van der Waals surface area contributed by atoms with Gasteiger partial charge in [-0.2, -0.15) is 0 Å². The maximum atomic E-state index is 13.2. The van der Waals surface area contributed by atoms with Gasteiger partial charge in [-0.1, -0.05) is 44.9 Å². The SMILES string of the molecule is CCC[C@H](O)[C@H](CCC)S(=O)(=NC)c1ccccc1. The summed E-state index contributed by atoms with van der Waals surface area (Å²) in [7, 11) is -0.961. The summed E-state index contributed by atoms with van der Waals surface area (Å²) in [5, 5.41) is 10.0. The highest BCUT2D eigenvalue weighted by Crippen LogP contribution is 2.26. The third-order valence-electron chi connectivity index (χ3n) is 3.35. The summed E-state index contributed by atoms with van der Waals surface area (Å²) in [6, 6.07) is 9.33. The van der Waals surface area contributed by atoms with Gasteiger partial charge in [-0.25, -0.2) is 8.57 Å². The van der Waals surface area contributed by atoms with Gasteiger partial charge < -0.3 is 5.11 Å². The van der Waals surface area contributed by atoms with Gasteiger partial charge in [0.2, 0.25) is 0 Å². The fourth-order valence-corrected chi connectivity index (χ4v) is 4.86. The Morgan fingerprint density at radius 2 is 1.74 bits per heavy atom. The summed E-state index contributed by atoms with van der Waals surface area (Å²) < 4.78 is 17.4. The highest BCUT2D eigenvalue weighted by Gasteiger charge is 2.30. The van der Waals surface area contributed by atoms with Crippen molar-refractivity contribution in [3.8, 4) is 0 Å². The van der Waals surface area contributed by atoms with E-state index in [1.54, 1.807) is 7.05 Å². The van der Waals surface area contributed by atoms with Gasteiger partial charge in [-0.3, -0.25) is 0 Å². The molecule has 0 aliphatic carbocycles. The Morgan fingerprint density at radius 3 is 2.21 bits per heavy atom. The van der Waals surface area contributed by atoms with Crippen LogP contribution in [0.2, 0.25) is 0 Å². The van der Waals surface area contributed by atoms with E-state index in [1.807, 2.05) is 44.2 Å². The second kappa shape index (κ2) is 7.65. The van der Waals surface area contributed by atoms with E-state index >= 15 is 0 Å². The number of nitrogens with zero attached hydrogens (tertiary/aromatic N) is 1. The Morgan fingerprint density at radius 1 is 1.16 bits per heavy atom. The quantitative estimate of drug-likeness (QED) is 0.833. The highest BCUT2D eigenvalue weighted by molar-refractivity contribution is 7.94. The molecule has 3 atom stereocenters. The summed E-state index contributed by atoms with van der Waals surface area (Å²) in [6.45, 7) is 4.08. The fraction of sp³-hybridized carbons (Fsp3) is 0.600. The molecule has 0 heterocycles. The van der Waals surface area contributed by atoms with Crippen molar-refractivity contribution in [2.75, 3.05) is 7.05 Å². The third kappa shape index (κ3) is 3.80.